The number of hydrogen-bond acceptors (Lipinski definition) is 3. The summed E-state index contributed by atoms with van der Waals surface area (Å²) in [5, 5.41) is 11.8. The molecule has 2 N–H and O–H groups in total. The molecule has 2 atom stereocenters. The summed E-state index contributed by atoms with van der Waals surface area (Å²) in [6.07, 6.45) is 2.37. The third-order valence-corrected chi connectivity index (χ3v) is 4.03. The fourth-order valence-corrected chi connectivity index (χ4v) is 2.24. The highest BCUT2D eigenvalue weighted by atomic mass is 16.4. The molecule has 1 saturated heterocycles. The zero-order valence-corrected chi connectivity index (χ0v) is 12.3. The maximum atomic E-state index is 12.2. The van der Waals surface area contributed by atoms with Crippen molar-refractivity contribution in [1.29, 1.82) is 0 Å². The van der Waals surface area contributed by atoms with Crippen LogP contribution in [0.5, 0.6) is 0 Å². The number of urea groups is 1. The van der Waals surface area contributed by atoms with Crippen LogP contribution in [0.25, 0.3) is 0 Å². The van der Waals surface area contributed by atoms with Crippen molar-refractivity contribution in [3.63, 3.8) is 0 Å². The van der Waals surface area contributed by atoms with E-state index < -0.39 is 11.5 Å². The van der Waals surface area contributed by atoms with Crippen molar-refractivity contribution in [3.8, 4) is 0 Å². The van der Waals surface area contributed by atoms with Crippen molar-refractivity contribution in [3.05, 3.63) is 0 Å². The second-order valence-corrected chi connectivity index (χ2v) is 5.59. The molecule has 110 valence electrons. The molecule has 2 amide bonds. The molecular weight excluding hydrogens is 246 g/mol. The number of hydrogen-bond donors (Lipinski definition) is 2. The molecule has 6 heteroatoms. The molecule has 0 aromatic heterocycles. The highest BCUT2D eigenvalue weighted by molar-refractivity contribution is 5.85. The van der Waals surface area contributed by atoms with E-state index >= 15 is 0 Å². The lowest BCUT2D eigenvalue weighted by Crippen LogP contribution is -2.58. The standard InChI is InChI=1S/C13H25N3O3/c1-5-13(2,11(17)18)14-12(19)16(4)10-7-6-8-15(3)9-10/h10H,5-9H2,1-4H3,(H,14,19)(H,17,18). The molecular formula is C13H25N3O3. The van der Waals surface area contributed by atoms with E-state index in [1.165, 1.54) is 6.92 Å². The van der Waals surface area contributed by atoms with E-state index in [0.29, 0.717) is 6.42 Å². The number of likely N-dealkylation sites (tertiary alicyclic amines) is 1. The van der Waals surface area contributed by atoms with Crippen LogP contribution in [-0.4, -0.2) is 65.7 Å². The molecule has 1 aliphatic heterocycles. The average molecular weight is 271 g/mol. The van der Waals surface area contributed by atoms with Gasteiger partial charge in [-0.25, -0.2) is 9.59 Å². The quantitative estimate of drug-likeness (QED) is 0.799. The third kappa shape index (κ3) is 3.83. The van der Waals surface area contributed by atoms with Gasteiger partial charge in [-0.1, -0.05) is 6.92 Å². The van der Waals surface area contributed by atoms with Crippen molar-refractivity contribution in [2.45, 2.75) is 44.7 Å². The monoisotopic (exact) mass is 271 g/mol. The minimum Gasteiger partial charge on any atom is -0.480 e. The van der Waals surface area contributed by atoms with Crippen molar-refractivity contribution < 1.29 is 14.7 Å². The van der Waals surface area contributed by atoms with Gasteiger partial charge in [0.1, 0.15) is 5.54 Å². The minimum atomic E-state index is -1.20. The van der Waals surface area contributed by atoms with Gasteiger partial charge < -0.3 is 20.2 Å². The van der Waals surface area contributed by atoms with Crippen LogP contribution in [0.1, 0.15) is 33.1 Å². The molecule has 1 fully saturated rings. The van der Waals surface area contributed by atoms with Gasteiger partial charge in [-0.3, -0.25) is 0 Å². The van der Waals surface area contributed by atoms with E-state index in [-0.39, 0.29) is 12.1 Å². The molecule has 1 heterocycles. The van der Waals surface area contributed by atoms with E-state index in [0.717, 1.165) is 25.9 Å². The van der Waals surface area contributed by atoms with Gasteiger partial charge in [-0.2, -0.15) is 0 Å². The number of piperidine rings is 1. The van der Waals surface area contributed by atoms with Gasteiger partial charge in [0.25, 0.3) is 0 Å². The maximum Gasteiger partial charge on any atom is 0.329 e. The molecule has 1 aliphatic rings. The molecule has 19 heavy (non-hydrogen) atoms. The first-order chi connectivity index (χ1) is 8.80. The summed E-state index contributed by atoms with van der Waals surface area (Å²) in [5.41, 5.74) is -1.20. The third-order valence-electron chi connectivity index (χ3n) is 4.03. The number of carbonyl (C=O) groups is 2. The molecule has 0 saturated carbocycles. The Morgan fingerprint density at radius 3 is 2.63 bits per heavy atom. The van der Waals surface area contributed by atoms with Crippen molar-refractivity contribution in [2.24, 2.45) is 0 Å². The average Bonchev–Trinajstić information content (AvgIpc) is 2.37. The lowest BCUT2D eigenvalue weighted by atomic mass is 9.99. The summed E-state index contributed by atoms with van der Waals surface area (Å²) in [5.74, 6) is -1.00. The molecule has 2 unspecified atom stereocenters. The van der Waals surface area contributed by atoms with E-state index in [9.17, 15) is 14.7 Å². The van der Waals surface area contributed by atoms with Gasteiger partial charge in [0.2, 0.25) is 0 Å². The van der Waals surface area contributed by atoms with Crippen LogP contribution in [0.4, 0.5) is 4.79 Å². The predicted octanol–water partition coefficient (Wildman–Crippen LogP) is 0.975. The number of amides is 2. The Morgan fingerprint density at radius 2 is 2.16 bits per heavy atom. The number of aliphatic carboxylic acids is 1. The number of nitrogens with zero attached hydrogens (tertiary/aromatic N) is 2. The van der Waals surface area contributed by atoms with Gasteiger partial charge >= 0.3 is 12.0 Å². The van der Waals surface area contributed by atoms with Crippen LogP contribution in [0.15, 0.2) is 0 Å². The molecule has 0 aromatic carbocycles. The lowest BCUT2D eigenvalue weighted by Gasteiger charge is -2.37. The molecule has 0 aliphatic carbocycles. The maximum absolute atomic E-state index is 12.2. The van der Waals surface area contributed by atoms with Gasteiger partial charge in [-0.15, -0.1) is 0 Å². The number of likely N-dealkylation sites (N-methyl/N-ethyl adjacent to an activating group) is 2. The smallest absolute Gasteiger partial charge is 0.329 e. The summed E-state index contributed by atoms with van der Waals surface area (Å²) in [7, 11) is 3.77. The van der Waals surface area contributed by atoms with Gasteiger partial charge in [0.15, 0.2) is 0 Å². The van der Waals surface area contributed by atoms with Crippen LogP contribution < -0.4 is 5.32 Å². The first-order valence-corrected chi connectivity index (χ1v) is 6.77. The summed E-state index contributed by atoms with van der Waals surface area (Å²) in [4.78, 5) is 27.2. The van der Waals surface area contributed by atoms with Crippen molar-refractivity contribution >= 4 is 12.0 Å². The van der Waals surface area contributed by atoms with E-state index in [4.69, 9.17) is 0 Å². The van der Waals surface area contributed by atoms with Gasteiger partial charge in [0, 0.05) is 19.6 Å². The lowest BCUT2D eigenvalue weighted by molar-refractivity contribution is -0.143. The second kappa shape index (κ2) is 6.23. The molecule has 0 aromatic rings. The predicted molar refractivity (Wildman–Crippen MR) is 73.1 cm³/mol. The summed E-state index contributed by atoms with van der Waals surface area (Å²) in [6, 6.07) is -0.166. The Morgan fingerprint density at radius 1 is 1.53 bits per heavy atom. The Hall–Kier alpha value is -1.30. The van der Waals surface area contributed by atoms with E-state index in [1.54, 1.807) is 18.9 Å². The molecule has 0 bridgehead atoms. The number of rotatable bonds is 4. The van der Waals surface area contributed by atoms with Crippen molar-refractivity contribution in [2.75, 3.05) is 27.2 Å². The van der Waals surface area contributed by atoms with E-state index in [1.807, 2.05) is 7.05 Å². The molecule has 1 rings (SSSR count). The normalized spacial score (nSPS) is 23.5. The van der Waals surface area contributed by atoms with Crippen molar-refractivity contribution in [1.82, 2.24) is 15.1 Å². The fraction of sp³-hybridized carbons (Fsp3) is 0.846. The number of carboxylic acids is 1. The SMILES string of the molecule is CCC(C)(NC(=O)N(C)C1CCCN(C)C1)C(=O)O. The Kier molecular flexibility index (Phi) is 5.17. The zero-order valence-electron chi connectivity index (χ0n) is 12.3. The van der Waals surface area contributed by atoms with E-state index in [2.05, 4.69) is 10.2 Å². The molecule has 0 radical (unpaired) electrons. The summed E-state index contributed by atoms with van der Waals surface area (Å²) < 4.78 is 0. The summed E-state index contributed by atoms with van der Waals surface area (Å²) >= 11 is 0. The zero-order chi connectivity index (χ0) is 14.6. The topological polar surface area (TPSA) is 72.9 Å². The Labute approximate surface area is 114 Å². The fourth-order valence-electron chi connectivity index (χ4n) is 2.24. The van der Waals surface area contributed by atoms with Crippen LogP contribution >= 0.6 is 0 Å². The Bertz CT molecular complexity index is 348. The first kappa shape index (κ1) is 15.8. The number of nitrogens with one attached hydrogen (secondary N) is 1. The van der Waals surface area contributed by atoms with Gasteiger partial charge in [-0.05, 0) is 39.8 Å². The van der Waals surface area contributed by atoms with Crippen LogP contribution in [0.2, 0.25) is 0 Å². The Balaban J connectivity index is 2.64. The first-order valence-electron chi connectivity index (χ1n) is 6.77. The molecule has 6 nitrogen and oxygen atoms in total. The van der Waals surface area contributed by atoms with Crippen LogP contribution in [-0.2, 0) is 4.79 Å². The minimum absolute atomic E-state index is 0.147. The highest BCUT2D eigenvalue weighted by Crippen LogP contribution is 2.15. The summed E-state index contributed by atoms with van der Waals surface area (Å²) in [6.45, 7) is 5.17. The largest absolute Gasteiger partial charge is 0.480 e. The van der Waals surface area contributed by atoms with Gasteiger partial charge in [0.05, 0.1) is 0 Å². The second-order valence-electron chi connectivity index (χ2n) is 5.59. The number of carboxylic acid groups (broad SMARTS) is 1. The highest BCUT2D eigenvalue weighted by Gasteiger charge is 2.35. The van der Waals surface area contributed by atoms with Crippen LogP contribution in [0.3, 0.4) is 0 Å². The number of carbonyl (C=O) groups excluding carboxylic acids is 1. The molecule has 0 spiro atoms. The van der Waals surface area contributed by atoms with Crippen LogP contribution in [0, 0.1) is 0 Å².